The molecule has 0 aliphatic carbocycles. The molecule has 1 atom stereocenters. The van der Waals surface area contributed by atoms with Crippen molar-refractivity contribution >= 4 is 5.91 Å². The predicted octanol–water partition coefficient (Wildman–Crippen LogP) is 1.06. The summed E-state index contributed by atoms with van der Waals surface area (Å²) >= 11 is 0. The molecule has 1 N–H and O–H groups in total. The smallest absolute Gasteiger partial charge is 0.223 e. The summed E-state index contributed by atoms with van der Waals surface area (Å²) in [6, 6.07) is 8.01. The summed E-state index contributed by atoms with van der Waals surface area (Å²) < 4.78 is 0. The van der Waals surface area contributed by atoms with Gasteiger partial charge in [-0.2, -0.15) is 0 Å². The van der Waals surface area contributed by atoms with Gasteiger partial charge in [0.25, 0.3) is 0 Å². The quantitative estimate of drug-likeness (QED) is 0.822. The lowest BCUT2D eigenvalue weighted by Gasteiger charge is -2.35. The van der Waals surface area contributed by atoms with Crippen LogP contribution >= 0.6 is 0 Å². The second-order valence-corrected chi connectivity index (χ2v) is 7.76. The number of carbonyl (C=O) groups excluding carboxylic acids is 1. The lowest BCUT2D eigenvalue weighted by atomic mass is 10.2. The number of likely N-dealkylation sites (N-methyl/N-ethyl adjacent to an activating group) is 2. The van der Waals surface area contributed by atoms with Crippen molar-refractivity contribution in [1.29, 1.82) is 0 Å². The third-order valence-corrected chi connectivity index (χ3v) is 5.71. The van der Waals surface area contributed by atoms with E-state index >= 15 is 0 Å². The van der Waals surface area contributed by atoms with Gasteiger partial charge in [-0.15, -0.1) is 0 Å². The highest BCUT2D eigenvalue weighted by molar-refractivity contribution is 5.76. The van der Waals surface area contributed by atoms with Crippen LogP contribution in [0.5, 0.6) is 5.75 Å². The van der Waals surface area contributed by atoms with E-state index in [0.717, 1.165) is 57.9 Å². The molecule has 6 nitrogen and oxygen atoms in total. The standard InChI is InChI=1S/C20H32N4O2/c1-21-8-6-18(16-21)22(2)9-7-20(26)24-12-10-23(11-13-24)15-17-4-3-5-19(25)14-17/h3-5,14,18,25H,6-13,15-16H2,1-2H3/t18-/m1/s1. The lowest BCUT2D eigenvalue weighted by Crippen LogP contribution is -2.49. The van der Waals surface area contributed by atoms with Crippen molar-refractivity contribution in [3.8, 4) is 5.75 Å². The molecular weight excluding hydrogens is 328 g/mol. The molecular formula is C20H32N4O2. The predicted molar refractivity (Wildman–Crippen MR) is 103 cm³/mol. The summed E-state index contributed by atoms with van der Waals surface area (Å²) in [6.07, 6.45) is 1.82. The van der Waals surface area contributed by atoms with Gasteiger partial charge >= 0.3 is 0 Å². The van der Waals surface area contributed by atoms with Gasteiger partial charge in [-0.25, -0.2) is 0 Å². The molecule has 3 rings (SSSR count). The molecule has 2 fully saturated rings. The maximum atomic E-state index is 12.5. The normalized spacial score (nSPS) is 22.3. The number of benzene rings is 1. The number of rotatable bonds is 6. The molecule has 0 bridgehead atoms. The first kappa shape index (κ1) is 19.1. The number of phenolic OH excluding ortho intramolecular Hbond substituents is 1. The van der Waals surface area contributed by atoms with Gasteiger partial charge in [0, 0.05) is 58.3 Å². The Balaban J connectivity index is 1.38. The number of likely N-dealkylation sites (tertiary alicyclic amines) is 1. The van der Waals surface area contributed by atoms with Gasteiger partial charge in [0.15, 0.2) is 0 Å². The van der Waals surface area contributed by atoms with E-state index in [4.69, 9.17) is 0 Å². The average molecular weight is 361 g/mol. The highest BCUT2D eigenvalue weighted by Crippen LogP contribution is 2.15. The second kappa shape index (κ2) is 8.84. The number of piperazine rings is 1. The van der Waals surface area contributed by atoms with Crippen LogP contribution < -0.4 is 0 Å². The van der Waals surface area contributed by atoms with E-state index in [1.807, 2.05) is 23.1 Å². The Kier molecular flexibility index (Phi) is 6.51. The van der Waals surface area contributed by atoms with Crippen LogP contribution in [-0.4, -0.2) is 96.6 Å². The highest BCUT2D eigenvalue weighted by Gasteiger charge is 2.25. The van der Waals surface area contributed by atoms with E-state index in [9.17, 15) is 9.90 Å². The number of carbonyl (C=O) groups is 1. The molecule has 0 saturated carbocycles. The first-order valence-corrected chi connectivity index (χ1v) is 9.68. The molecule has 26 heavy (non-hydrogen) atoms. The molecule has 2 aliphatic rings. The Morgan fingerprint density at radius 2 is 2.00 bits per heavy atom. The van der Waals surface area contributed by atoms with Crippen LogP contribution in [0.15, 0.2) is 24.3 Å². The van der Waals surface area contributed by atoms with Crippen LogP contribution in [0.3, 0.4) is 0 Å². The number of aromatic hydroxyl groups is 1. The summed E-state index contributed by atoms with van der Waals surface area (Å²) in [5.74, 6) is 0.592. The third kappa shape index (κ3) is 5.19. The van der Waals surface area contributed by atoms with Crippen LogP contribution in [0.1, 0.15) is 18.4 Å². The minimum Gasteiger partial charge on any atom is -0.508 e. The van der Waals surface area contributed by atoms with Crippen molar-refractivity contribution in [3.63, 3.8) is 0 Å². The number of hydrogen-bond acceptors (Lipinski definition) is 5. The van der Waals surface area contributed by atoms with Crippen molar-refractivity contribution < 1.29 is 9.90 Å². The molecule has 0 spiro atoms. The summed E-state index contributed by atoms with van der Waals surface area (Å²) in [5, 5.41) is 9.58. The molecule has 0 unspecified atom stereocenters. The number of nitrogens with zero attached hydrogens (tertiary/aromatic N) is 4. The molecule has 2 heterocycles. The van der Waals surface area contributed by atoms with Crippen LogP contribution in [0.4, 0.5) is 0 Å². The zero-order chi connectivity index (χ0) is 18.5. The van der Waals surface area contributed by atoms with Gasteiger partial charge in [0.1, 0.15) is 5.75 Å². The minimum absolute atomic E-state index is 0.278. The Morgan fingerprint density at radius 3 is 2.65 bits per heavy atom. The van der Waals surface area contributed by atoms with Gasteiger partial charge in [-0.05, 0) is 44.8 Å². The molecule has 0 aromatic heterocycles. The molecule has 144 valence electrons. The van der Waals surface area contributed by atoms with Crippen molar-refractivity contribution in [2.75, 3.05) is 59.9 Å². The number of phenols is 1. The molecule has 2 aliphatic heterocycles. The molecule has 0 radical (unpaired) electrons. The first-order valence-electron chi connectivity index (χ1n) is 9.68. The Morgan fingerprint density at radius 1 is 1.23 bits per heavy atom. The summed E-state index contributed by atoms with van der Waals surface area (Å²) in [4.78, 5) is 21.6. The maximum Gasteiger partial charge on any atom is 0.223 e. The Labute approximate surface area is 157 Å². The van der Waals surface area contributed by atoms with Gasteiger partial charge in [0.2, 0.25) is 5.91 Å². The van der Waals surface area contributed by atoms with E-state index < -0.39 is 0 Å². The van der Waals surface area contributed by atoms with Crippen molar-refractivity contribution in [2.45, 2.75) is 25.4 Å². The third-order valence-electron chi connectivity index (χ3n) is 5.71. The van der Waals surface area contributed by atoms with Crippen molar-refractivity contribution in [1.82, 2.24) is 19.6 Å². The zero-order valence-electron chi connectivity index (χ0n) is 16.1. The first-order chi connectivity index (χ1) is 12.5. The van der Waals surface area contributed by atoms with E-state index in [-0.39, 0.29) is 5.91 Å². The fraction of sp³-hybridized carbons (Fsp3) is 0.650. The van der Waals surface area contributed by atoms with Crippen molar-refractivity contribution in [2.24, 2.45) is 0 Å². The summed E-state index contributed by atoms with van der Waals surface area (Å²) in [6.45, 7) is 7.33. The SMILES string of the molecule is CN1CC[C@@H](N(C)CCC(=O)N2CCN(Cc3cccc(O)c3)CC2)C1. The molecule has 6 heteroatoms. The molecule has 2 saturated heterocycles. The summed E-state index contributed by atoms with van der Waals surface area (Å²) in [5.41, 5.74) is 1.12. The van der Waals surface area contributed by atoms with Crippen LogP contribution in [0.2, 0.25) is 0 Å². The van der Waals surface area contributed by atoms with Gasteiger partial charge in [-0.1, -0.05) is 12.1 Å². The Bertz CT molecular complexity index is 601. The van der Waals surface area contributed by atoms with E-state index in [1.165, 1.54) is 6.42 Å². The average Bonchev–Trinajstić information content (AvgIpc) is 3.06. The number of hydrogen-bond donors (Lipinski definition) is 1. The van der Waals surface area contributed by atoms with Crippen LogP contribution in [0, 0.1) is 0 Å². The van der Waals surface area contributed by atoms with Crippen molar-refractivity contribution in [3.05, 3.63) is 29.8 Å². The number of amides is 1. The van der Waals surface area contributed by atoms with Gasteiger partial charge in [-0.3, -0.25) is 9.69 Å². The van der Waals surface area contributed by atoms with Gasteiger partial charge < -0.3 is 19.8 Å². The lowest BCUT2D eigenvalue weighted by molar-refractivity contribution is -0.133. The second-order valence-electron chi connectivity index (χ2n) is 7.76. The maximum absolute atomic E-state index is 12.5. The molecule has 1 aromatic carbocycles. The molecule has 1 amide bonds. The zero-order valence-corrected chi connectivity index (χ0v) is 16.1. The van der Waals surface area contributed by atoms with E-state index in [1.54, 1.807) is 6.07 Å². The summed E-state index contributed by atoms with van der Waals surface area (Å²) in [7, 11) is 4.31. The van der Waals surface area contributed by atoms with Gasteiger partial charge in [0.05, 0.1) is 0 Å². The minimum atomic E-state index is 0.278. The molecule has 1 aromatic rings. The largest absolute Gasteiger partial charge is 0.508 e. The Hall–Kier alpha value is -1.63. The van der Waals surface area contributed by atoms with Crippen LogP contribution in [-0.2, 0) is 11.3 Å². The van der Waals surface area contributed by atoms with Crippen LogP contribution in [0.25, 0.3) is 0 Å². The van der Waals surface area contributed by atoms with E-state index in [2.05, 4.69) is 28.8 Å². The topological polar surface area (TPSA) is 50.3 Å². The van der Waals surface area contributed by atoms with E-state index in [0.29, 0.717) is 18.2 Å². The monoisotopic (exact) mass is 360 g/mol. The fourth-order valence-electron chi connectivity index (χ4n) is 3.95. The highest BCUT2D eigenvalue weighted by atomic mass is 16.3. The fourth-order valence-corrected chi connectivity index (χ4v) is 3.95.